The monoisotopic (exact) mass is 262 g/mol. The second kappa shape index (κ2) is 5.24. The third kappa shape index (κ3) is 4.56. The van der Waals surface area contributed by atoms with Crippen molar-refractivity contribution in [2.24, 2.45) is 17.1 Å². The van der Waals surface area contributed by atoms with Crippen LogP contribution in [0.25, 0.3) is 0 Å². The van der Waals surface area contributed by atoms with Crippen molar-refractivity contribution in [2.45, 2.75) is 46.1 Å². The van der Waals surface area contributed by atoms with Crippen LogP contribution in [-0.2, 0) is 10.0 Å². The zero-order valence-corrected chi connectivity index (χ0v) is 12.3. The molecule has 1 aliphatic carbocycles. The second-order valence-corrected chi connectivity index (χ2v) is 8.43. The number of hydrogen-bond donors (Lipinski definition) is 1. The summed E-state index contributed by atoms with van der Waals surface area (Å²) in [6, 6.07) is -0.0000293. The van der Waals surface area contributed by atoms with Gasteiger partial charge in [0.15, 0.2) is 0 Å². The molecule has 0 aromatic rings. The molecule has 5 heteroatoms. The van der Waals surface area contributed by atoms with Gasteiger partial charge in [-0.05, 0) is 30.6 Å². The molecule has 0 amide bonds. The standard InChI is InChI=1S/C12H26N2O2S/c1-12(2,3)7-8-17(15,16)14(4)11(9-13)10-5-6-10/h10-11H,5-9,13H2,1-4H3. The molecular formula is C12H26N2O2S. The van der Waals surface area contributed by atoms with Gasteiger partial charge in [0.1, 0.15) is 0 Å². The van der Waals surface area contributed by atoms with E-state index in [1.807, 2.05) is 0 Å². The van der Waals surface area contributed by atoms with Crippen molar-refractivity contribution in [1.82, 2.24) is 4.31 Å². The van der Waals surface area contributed by atoms with E-state index < -0.39 is 10.0 Å². The SMILES string of the molecule is CN(C(CN)C1CC1)S(=O)(=O)CCC(C)(C)C. The fourth-order valence-electron chi connectivity index (χ4n) is 1.90. The van der Waals surface area contributed by atoms with Gasteiger partial charge in [0.25, 0.3) is 0 Å². The molecule has 0 saturated heterocycles. The fraction of sp³-hybridized carbons (Fsp3) is 1.00. The normalized spacial score (nSPS) is 19.6. The summed E-state index contributed by atoms with van der Waals surface area (Å²) in [4.78, 5) is 0. The molecule has 1 fully saturated rings. The lowest BCUT2D eigenvalue weighted by molar-refractivity contribution is 0.333. The van der Waals surface area contributed by atoms with Gasteiger partial charge >= 0.3 is 0 Å². The highest BCUT2D eigenvalue weighted by molar-refractivity contribution is 7.89. The molecule has 0 spiro atoms. The first-order valence-corrected chi connectivity index (χ1v) is 7.94. The Bertz CT molecular complexity index is 342. The van der Waals surface area contributed by atoms with Crippen molar-refractivity contribution in [1.29, 1.82) is 0 Å². The smallest absolute Gasteiger partial charge is 0.214 e. The molecule has 17 heavy (non-hydrogen) atoms. The van der Waals surface area contributed by atoms with Gasteiger partial charge < -0.3 is 5.73 Å². The highest BCUT2D eigenvalue weighted by atomic mass is 32.2. The molecule has 1 unspecified atom stereocenters. The fourth-order valence-corrected chi connectivity index (χ4v) is 3.73. The number of nitrogens with zero attached hydrogens (tertiary/aromatic N) is 1. The zero-order valence-electron chi connectivity index (χ0n) is 11.4. The molecule has 102 valence electrons. The quantitative estimate of drug-likeness (QED) is 0.787. The van der Waals surface area contributed by atoms with E-state index in [2.05, 4.69) is 20.8 Å². The number of sulfonamides is 1. The summed E-state index contributed by atoms with van der Waals surface area (Å²) >= 11 is 0. The molecule has 0 aromatic heterocycles. The predicted molar refractivity (Wildman–Crippen MR) is 71.2 cm³/mol. The Labute approximate surface area is 106 Å². The summed E-state index contributed by atoms with van der Waals surface area (Å²) in [5, 5.41) is 0. The summed E-state index contributed by atoms with van der Waals surface area (Å²) in [7, 11) is -1.48. The van der Waals surface area contributed by atoms with Crippen molar-refractivity contribution in [3.05, 3.63) is 0 Å². The van der Waals surface area contributed by atoms with Crippen LogP contribution in [0.3, 0.4) is 0 Å². The third-order valence-electron chi connectivity index (χ3n) is 3.42. The summed E-state index contributed by atoms with van der Waals surface area (Å²) in [5.74, 6) is 0.699. The van der Waals surface area contributed by atoms with Crippen LogP contribution in [0.4, 0.5) is 0 Å². The van der Waals surface area contributed by atoms with E-state index in [-0.39, 0.29) is 17.2 Å². The molecule has 0 aliphatic heterocycles. The van der Waals surface area contributed by atoms with Crippen LogP contribution in [0.1, 0.15) is 40.0 Å². The topological polar surface area (TPSA) is 63.4 Å². The van der Waals surface area contributed by atoms with E-state index in [1.54, 1.807) is 7.05 Å². The van der Waals surface area contributed by atoms with Gasteiger partial charge in [-0.3, -0.25) is 0 Å². The average Bonchev–Trinajstić information content (AvgIpc) is 2.99. The van der Waals surface area contributed by atoms with E-state index in [9.17, 15) is 8.42 Å². The lowest BCUT2D eigenvalue weighted by atomic mass is 9.94. The molecule has 1 atom stereocenters. The van der Waals surface area contributed by atoms with Crippen LogP contribution in [-0.4, -0.2) is 38.1 Å². The summed E-state index contributed by atoms with van der Waals surface area (Å²) < 4.78 is 25.9. The molecule has 2 N–H and O–H groups in total. The van der Waals surface area contributed by atoms with Crippen LogP contribution < -0.4 is 5.73 Å². The first-order chi connectivity index (χ1) is 7.67. The molecule has 0 heterocycles. The minimum atomic E-state index is -3.16. The van der Waals surface area contributed by atoms with Gasteiger partial charge in [-0.25, -0.2) is 12.7 Å². The van der Waals surface area contributed by atoms with Crippen LogP contribution in [0.15, 0.2) is 0 Å². The largest absolute Gasteiger partial charge is 0.329 e. The Morgan fingerprint density at radius 2 is 1.88 bits per heavy atom. The Hall–Kier alpha value is -0.130. The highest BCUT2D eigenvalue weighted by Gasteiger charge is 2.37. The maximum Gasteiger partial charge on any atom is 0.214 e. The average molecular weight is 262 g/mol. The molecule has 1 aliphatic rings. The van der Waals surface area contributed by atoms with Gasteiger partial charge in [-0.2, -0.15) is 0 Å². The van der Waals surface area contributed by atoms with Gasteiger partial charge in [0.2, 0.25) is 10.0 Å². The molecule has 1 rings (SSSR count). The van der Waals surface area contributed by atoms with Crippen molar-refractivity contribution >= 4 is 10.0 Å². The number of nitrogens with two attached hydrogens (primary N) is 1. The summed E-state index contributed by atoms with van der Waals surface area (Å²) in [6.07, 6.45) is 2.91. The second-order valence-electron chi connectivity index (χ2n) is 6.28. The number of rotatable bonds is 6. The highest BCUT2D eigenvalue weighted by Crippen LogP contribution is 2.35. The van der Waals surface area contributed by atoms with E-state index in [4.69, 9.17) is 5.73 Å². The Morgan fingerprint density at radius 1 is 1.35 bits per heavy atom. The van der Waals surface area contributed by atoms with E-state index >= 15 is 0 Å². The molecule has 0 aromatic carbocycles. The molecule has 0 radical (unpaired) electrons. The summed E-state index contributed by atoms with van der Waals surface area (Å²) in [6.45, 7) is 6.60. The van der Waals surface area contributed by atoms with Crippen LogP contribution in [0.2, 0.25) is 0 Å². The minimum Gasteiger partial charge on any atom is -0.329 e. The van der Waals surface area contributed by atoms with Gasteiger partial charge in [0.05, 0.1) is 5.75 Å². The van der Waals surface area contributed by atoms with E-state index in [1.165, 1.54) is 4.31 Å². The Kier molecular flexibility index (Phi) is 4.60. The predicted octanol–water partition coefficient (Wildman–Crippen LogP) is 1.42. The van der Waals surface area contributed by atoms with Gasteiger partial charge in [0, 0.05) is 19.6 Å². The minimum absolute atomic E-state index is 0.0000293. The maximum absolute atomic E-state index is 12.2. The van der Waals surface area contributed by atoms with Crippen molar-refractivity contribution < 1.29 is 8.42 Å². The molecule has 0 bridgehead atoms. The van der Waals surface area contributed by atoms with Crippen LogP contribution in [0.5, 0.6) is 0 Å². The van der Waals surface area contributed by atoms with Crippen molar-refractivity contribution in [3.63, 3.8) is 0 Å². The van der Waals surface area contributed by atoms with Gasteiger partial charge in [-0.15, -0.1) is 0 Å². The lowest BCUT2D eigenvalue weighted by Gasteiger charge is -2.28. The van der Waals surface area contributed by atoms with Crippen LogP contribution >= 0.6 is 0 Å². The maximum atomic E-state index is 12.2. The molecular weight excluding hydrogens is 236 g/mol. The molecule has 4 nitrogen and oxygen atoms in total. The zero-order chi connectivity index (χ0) is 13.3. The molecule has 1 saturated carbocycles. The number of likely N-dealkylation sites (N-methyl/N-ethyl adjacent to an activating group) is 1. The lowest BCUT2D eigenvalue weighted by Crippen LogP contribution is -2.44. The van der Waals surface area contributed by atoms with E-state index in [0.29, 0.717) is 18.9 Å². The number of hydrogen-bond acceptors (Lipinski definition) is 3. The summed E-state index contributed by atoms with van der Waals surface area (Å²) in [5.41, 5.74) is 5.73. The van der Waals surface area contributed by atoms with Gasteiger partial charge in [-0.1, -0.05) is 20.8 Å². The first-order valence-electron chi connectivity index (χ1n) is 6.33. The first kappa shape index (κ1) is 14.9. The Balaban J connectivity index is 2.62. The van der Waals surface area contributed by atoms with E-state index in [0.717, 1.165) is 12.8 Å². The van der Waals surface area contributed by atoms with Crippen molar-refractivity contribution in [2.75, 3.05) is 19.3 Å². The van der Waals surface area contributed by atoms with Crippen LogP contribution in [0, 0.1) is 11.3 Å². The van der Waals surface area contributed by atoms with Crippen molar-refractivity contribution in [3.8, 4) is 0 Å². The Morgan fingerprint density at radius 3 is 2.24 bits per heavy atom. The third-order valence-corrected chi connectivity index (χ3v) is 5.29.